The van der Waals surface area contributed by atoms with Gasteiger partial charge in [0.2, 0.25) is 0 Å². The van der Waals surface area contributed by atoms with Crippen molar-refractivity contribution >= 4 is 0 Å². The van der Waals surface area contributed by atoms with Crippen molar-refractivity contribution in [3.8, 4) is 0 Å². The normalized spacial score (nSPS) is 53.5. The van der Waals surface area contributed by atoms with Crippen molar-refractivity contribution < 1.29 is 70.2 Å². The second-order valence-electron chi connectivity index (χ2n) is 6.08. The largest absolute Gasteiger partial charge is 0.379 e. The lowest BCUT2D eigenvalue weighted by Crippen LogP contribution is -2.80. The van der Waals surface area contributed by atoms with Crippen LogP contribution in [0.1, 0.15) is 0 Å². The summed E-state index contributed by atoms with van der Waals surface area (Å²) in [7, 11) is 0. The van der Waals surface area contributed by atoms with Crippen LogP contribution in [0.5, 0.6) is 0 Å². The van der Waals surface area contributed by atoms with Crippen LogP contribution in [0.25, 0.3) is 0 Å². The van der Waals surface area contributed by atoms with Gasteiger partial charge in [-0.15, -0.1) is 0 Å². The molecule has 0 heterocycles. The summed E-state index contributed by atoms with van der Waals surface area (Å²) >= 11 is 0. The number of hydrogen-bond acceptors (Lipinski definition) is 0. The van der Waals surface area contributed by atoms with Gasteiger partial charge >= 0.3 is 35.5 Å². The zero-order chi connectivity index (χ0) is 21.0. The van der Waals surface area contributed by atoms with Crippen LogP contribution in [0.15, 0.2) is 0 Å². The fourth-order valence-electron chi connectivity index (χ4n) is 3.90. The lowest BCUT2D eigenvalue weighted by Gasteiger charge is -2.47. The van der Waals surface area contributed by atoms with E-state index in [1.165, 1.54) is 0 Å². The van der Waals surface area contributed by atoms with Gasteiger partial charge in [-0.3, -0.25) is 0 Å². The Hall–Kier alpha value is -1.12. The molecule has 4 unspecified atom stereocenters. The van der Waals surface area contributed by atoms with Crippen LogP contribution in [0.2, 0.25) is 0 Å². The summed E-state index contributed by atoms with van der Waals surface area (Å²) in [6.07, 6.45) is 0. The highest BCUT2D eigenvalue weighted by molar-refractivity contribution is 5.57. The summed E-state index contributed by atoms with van der Waals surface area (Å²) in [6.45, 7) is 0. The zero-order valence-corrected chi connectivity index (χ0v) is 11.0. The maximum Gasteiger partial charge on any atom is 0.379 e. The quantitative estimate of drug-likeness (QED) is 0.496. The monoisotopic (exact) mass is 424 g/mol. The highest BCUT2D eigenvalue weighted by Crippen LogP contribution is 2.90. The van der Waals surface area contributed by atoms with E-state index in [1.807, 2.05) is 0 Å². The van der Waals surface area contributed by atoms with Crippen molar-refractivity contribution in [2.45, 2.75) is 58.2 Å². The van der Waals surface area contributed by atoms with Gasteiger partial charge in [0, 0.05) is 0 Å². The number of hydrogen-bond donors (Lipinski definition) is 0. The van der Waals surface area contributed by atoms with E-state index in [1.54, 1.807) is 0 Å². The minimum atomic E-state index is -7.80. The smallest absolute Gasteiger partial charge is 0.229 e. The van der Waals surface area contributed by atoms with E-state index in [0.717, 1.165) is 0 Å². The first-order chi connectivity index (χ1) is 11.0. The molecule has 3 saturated carbocycles. The molecule has 0 saturated heterocycles. The zero-order valence-electron chi connectivity index (χ0n) is 11.0. The Kier molecular flexibility index (Phi) is 2.72. The fraction of sp³-hybridized carbons (Fsp3) is 1.00. The predicted octanol–water partition coefficient (Wildman–Crippen LogP) is 4.67. The van der Waals surface area contributed by atoms with Crippen LogP contribution in [-0.2, 0) is 0 Å². The first kappa shape index (κ1) is 19.6. The second-order valence-corrected chi connectivity index (χ2v) is 6.08. The third-order valence-electron chi connectivity index (χ3n) is 5.20. The second kappa shape index (κ2) is 3.61. The van der Waals surface area contributed by atoms with Crippen LogP contribution < -0.4 is 0 Å². The Morgan fingerprint density at radius 1 is 0.192 bits per heavy atom. The van der Waals surface area contributed by atoms with Gasteiger partial charge in [0.15, 0.2) is 0 Å². The molecular weight excluding hydrogens is 424 g/mol. The topological polar surface area (TPSA) is 0 Å². The molecule has 3 aliphatic rings. The lowest BCUT2D eigenvalue weighted by atomic mass is 9.68. The molecule has 0 N–H and O–H groups in total. The summed E-state index contributed by atoms with van der Waals surface area (Å²) in [6, 6.07) is 0. The van der Waals surface area contributed by atoms with Gasteiger partial charge in [-0.25, -0.2) is 17.6 Å². The van der Waals surface area contributed by atoms with Gasteiger partial charge in [0.05, 0.1) is 0 Å². The van der Waals surface area contributed by atoms with Gasteiger partial charge < -0.3 is 0 Å². The Morgan fingerprint density at radius 3 is 0.615 bits per heavy atom. The molecule has 4 atom stereocenters. The molecular formula is C10F16. The molecule has 3 aliphatic carbocycles. The summed E-state index contributed by atoms with van der Waals surface area (Å²) in [5.74, 6) is -46.1. The van der Waals surface area contributed by atoms with Gasteiger partial charge in [-0.05, 0) is 0 Å². The van der Waals surface area contributed by atoms with E-state index in [9.17, 15) is 70.2 Å². The van der Waals surface area contributed by atoms with Crippen molar-refractivity contribution in [2.75, 3.05) is 0 Å². The van der Waals surface area contributed by atoms with Gasteiger partial charge in [0.1, 0.15) is 0 Å². The molecule has 0 aromatic heterocycles. The van der Waals surface area contributed by atoms with Crippen LogP contribution in [0, 0.1) is 0 Å². The van der Waals surface area contributed by atoms with Crippen molar-refractivity contribution in [2.24, 2.45) is 0 Å². The van der Waals surface area contributed by atoms with E-state index in [4.69, 9.17) is 0 Å². The van der Waals surface area contributed by atoms with Gasteiger partial charge in [-0.2, -0.15) is 52.7 Å². The maximum absolute atomic E-state index is 14.3. The molecule has 0 radical (unpaired) electrons. The Balaban J connectivity index is 2.65. The van der Waals surface area contributed by atoms with Gasteiger partial charge in [-0.1, -0.05) is 0 Å². The Labute approximate surface area is 130 Å². The van der Waals surface area contributed by atoms with Gasteiger partial charge in [0.25, 0.3) is 22.7 Å². The molecule has 2 bridgehead atoms. The minimum Gasteiger partial charge on any atom is -0.229 e. The molecule has 16 heteroatoms. The SMILES string of the molecule is FC1(F)C(F)(F)C2(F)C3(F)C(F)(F)C(F)(F)C(F)(C3(F)F)C2(F)C1(F)F. The predicted molar refractivity (Wildman–Crippen MR) is 45.0 cm³/mol. The molecule has 152 valence electrons. The van der Waals surface area contributed by atoms with E-state index in [-0.39, 0.29) is 0 Å². The molecule has 0 amide bonds. The van der Waals surface area contributed by atoms with E-state index < -0.39 is 58.2 Å². The molecule has 26 heavy (non-hydrogen) atoms. The first-order valence-electron chi connectivity index (χ1n) is 6.02. The fourth-order valence-corrected chi connectivity index (χ4v) is 3.90. The molecule has 3 fully saturated rings. The standard InChI is InChI=1S/C10F16/c11-1-2(12,7(19,20)10(25,26)6(1,17)18)4(14)5(15,16)3(1,13)8(21,22)9(4,23)24. The third kappa shape index (κ3) is 0.959. The average Bonchev–Trinajstić information content (AvgIpc) is 2.63. The summed E-state index contributed by atoms with van der Waals surface area (Å²) in [5.41, 5.74) is -31.1. The first-order valence-corrected chi connectivity index (χ1v) is 6.02. The van der Waals surface area contributed by atoms with E-state index in [2.05, 4.69) is 0 Å². The lowest BCUT2D eigenvalue weighted by molar-refractivity contribution is -0.380. The van der Waals surface area contributed by atoms with E-state index >= 15 is 0 Å². The van der Waals surface area contributed by atoms with E-state index in [0.29, 0.717) is 0 Å². The molecule has 0 aliphatic heterocycles. The van der Waals surface area contributed by atoms with Crippen molar-refractivity contribution in [1.29, 1.82) is 0 Å². The van der Waals surface area contributed by atoms with Crippen LogP contribution in [-0.4, -0.2) is 58.2 Å². The number of halogens is 16. The highest BCUT2D eigenvalue weighted by Gasteiger charge is 3.25. The molecule has 0 aromatic rings. The number of fused-ring (bicyclic) bond motifs is 5. The summed E-state index contributed by atoms with van der Waals surface area (Å²) in [4.78, 5) is 0. The molecule has 0 nitrogen and oxygen atoms in total. The van der Waals surface area contributed by atoms with Crippen molar-refractivity contribution in [1.82, 2.24) is 0 Å². The number of alkyl halides is 16. The van der Waals surface area contributed by atoms with Crippen molar-refractivity contribution in [3.05, 3.63) is 0 Å². The molecule has 0 aromatic carbocycles. The minimum absolute atomic E-state index is 7.61. The van der Waals surface area contributed by atoms with Crippen LogP contribution >= 0.6 is 0 Å². The molecule has 3 rings (SSSR count). The third-order valence-corrected chi connectivity index (χ3v) is 5.20. The van der Waals surface area contributed by atoms with Crippen LogP contribution in [0.3, 0.4) is 0 Å². The highest BCUT2D eigenvalue weighted by atomic mass is 19.4. The summed E-state index contributed by atoms with van der Waals surface area (Å²) < 4.78 is 218. The number of rotatable bonds is 0. The maximum atomic E-state index is 14.3. The van der Waals surface area contributed by atoms with Crippen molar-refractivity contribution in [3.63, 3.8) is 0 Å². The average molecular weight is 424 g/mol. The Morgan fingerprint density at radius 2 is 0.385 bits per heavy atom. The Bertz CT molecular complexity index is 654. The summed E-state index contributed by atoms with van der Waals surface area (Å²) in [5, 5.41) is 0. The van der Waals surface area contributed by atoms with Crippen LogP contribution in [0.4, 0.5) is 70.2 Å². The molecule has 0 spiro atoms.